The van der Waals surface area contributed by atoms with Gasteiger partial charge in [0, 0.05) is 24.8 Å². The summed E-state index contributed by atoms with van der Waals surface area (Å²) in [4.78, 5) is 30.7. The van der Waals surface area contributed by atoms with Gasteiger partial charge < -0.3 is 10.4 Å². The highest BCUT2D eigenvalue weighted by Crippen LogP contribution is 2.30. The van der Waals surface area contributed by atoms with Crippen LogP contribution in [0.15, 0.2) is 18.3 Å². The third kappa shape index (κ3) is 4.57. The highest BCUT2D eigenvalue weighted by atomic mass is 16.4. The Morgan fingerprint density at radius 3 is 2.52 bits per heavy atom. The molecule has 2 fully saturated rings. The number of aryl methyl sites for hydroxylation is 1. The van der Waals surface area contributed by atoms with Crippen LogP contribution in [0.25, 0.3) is 0 Å². The topological polar surface area (TPSA) is 82.5 Å². The maximum Gasteiger partial charge on any atom is 0.307 e. The Bertz CT molecular complexity index is 611. The van der Waals surface area contributed by atoms with Crippen LogP contribution >= 0.6 is 0 Å². The molecule has 1 aliphatic heterocycles. The lowest BCUT2D eigenvalue weighted by molar-refractivity contribution is -0.145. The summed E-state index contributed by atoms with van der Waals surface area (Å²) in [5, 5.41) is 12.4. The molecule has 2 heterocycles. The van der Waals surface area contributed by atoms with Crippen LogP contribution in [-0.2, 0) is 9.59 Å². The van der Waals surface area contributed by atoms with Crippen molar-refractivity contribution in [3.8, 4) is 0 Å². The van der Waals surface area contributed by atoms with E-state index in [4.69, 9.17) is 0 Å². The van der Waals surface area contributed by atoms with E-state index in [1.165, 1.54) is 19.3 Å². The molecule has 1 aromatic rings. The van der Waals surface area contributed by atoms with Crippen LogP contribution in [0.1, 0.15) is 44.2 Å². The van der Waals surface area contributed by atoms with E-state index in [0.29, 0.717) is 31.2 Å². The van der Waals surface area contributed by atoms with Gasteiger partial charge in [0.15, 0.2) is 0 Å². The van der Waals surface area contributed by atoms with Gasteiger partial charge in [0.25, 0.3) is 0 Å². The Labute approximate surface area is 148 Å². The van der Waals surface area contributed by atoms with Crippen LogP contribution in [0.5, 0.6) is 0 Å². The van der Waals surface area contributed by atoms with E-state index in [2.05, 4.69) is 15.2 Å². The lowest BCUT2D eigenvalue weighted by atomic mass is 9.85. The van der Waals surface area contributed by atoms with Gasteiger partial charge in [0.2, 0.25) is 5.91 Å². The predicted molar refractivity (Wildman–Crippen MR) is 95.3 cm³/mol. The quantitative estimate of drug-likeness (QED) is 0.877. The van der Waals surface area contributed by atoms with Crippen molar-refractivity contribution in [2.24, 2.45) is 11.8 Å². The number of carbonyl (C=O) groups is 2. The van der Waals surface area contributed by atoms with Crippen LogP contribution in [0.2, 0.25) is 0 Å². The molecule has 0 unspecified atom stereocenters. The molecule has 0 spiro atoms. The molecule has 2 atom stereocenters. The zero-order valence-corrected chi connectivity index (χ0v) is 14.8. The minimum atomic E-state index is -0.796. The minimum absolute atomic E-state index is 0.0996. The monoisotopic (exact) mass is 345 g/mol. The third-order valence-electron chi connectivity index (χ3n) is 5.47. The molecule has 136 valence electrons. The standard InChI is InChI=1S/C19H27N3O3/c1-13-7-8-16(10-20-13)21-18(23)14-9-15(19(24)25)12-22(11-14)17-5-3-2-4-6-17/h7-8,10,14-15,17H,2-6,9,11-12H2,1H3,(H,21,23)(H,24,25)/t14-,15+/m1/s1. The Morgan fingerprint density at radius 1 is 1.16 bits per heavy atom. The highest BCUT2D eigenvalue weighted by molar-refractivity contribution is 5.93. The number of carbonyl (C=O) groups excluding carboxylic acids is 1. The van der Waals surface area contributed by atoms with Gasteiger partial charge in [-0.05, 0) is 38.3 Å². The summed E-state index contributed by atoms with van der Waals surface area (Å²) in [7, 11) is 0. The summed E-state index contributed by atoms with van der Waals surface area (Å²) in [6.45, 7) is 3.11. The number of piperidine rings is 1. The second-order valence-corrected chi connectivity index (χ2v) is 7.39. The molecule has 25 heavy (non-hydrogen) atoms. The number of carboxylic acids is 1. The van der Waals surface area contributed by atoms with Crippen molar-refractivity contribution in [2.75, 3.05) is 18.4 Å². The number of nitrogens with one attached hydrogen (secondary N) is 1. The largest absolute Gasteiger partial charge is 0.481 e. The van der Waals surface area contributed by atoms with Crippen molar-refractivity contribution >= 4 is 17.6 Å². The number of likely N-dealkylation sites (tertiary alicyclic amines) is 1. The van der Waals surface area contributed by atoms with E-state index < -0.39 is 11.9 Å². The van der Waals surface area contributed by atoms with Gasteiger partial charge in [0.1, 0.15) is 0 Å². The first-order valence-corrected chi connectivity index (χ1v) is 9.23. The van der Waals surface area contributed by atoms with Gasteiger partial charge in [-0.25, -0.2) is 0 Å². The Kier molecular flexibility index (Phi) is 5.68. The van der Waals surface area contributed by atoms with Crippen LogP contribution in [0.3, 0.4) is 0 Å². The summed E-state index contributed by atoms with van der Waals surface area (Å²) in [5.41, 5.74) is 1.56. The van der Waals surface area contributed by atoms with Crippen molar-refractivity contribution in [3.63, 3.8) is 0 Å². The summed E-state index contributed by atoms with van der Waals surface area (Å²) in [6.07, 6.45) is 7.94. The van der Waals surface area contributed by atoms with Gasteiger partial charge in [-0.15, -0.1) is 0 Å². The highest BCUT2D eigenvalue weighted by Gasteiger charge is 2.37. The summed E-state index contributed by atoms with van der Waals surface area (Å²) < 4.78 is 0. The van der Waals surface area contributed by atoms with Gasteiger partial charge >= 0.3 is 5.97 Å². The molecular weight excluding hydrogens is 318 g/mol. The summed E-state index contributed by atoms with van der Waals surface area (Å²) >= 11 is 0. The lowest BCUT2D eigenvalue weighted by Crippen LogP contribution is -2.51. The number of aliphatic carboxylic acids is 1. The molecule has 0 aromatic carbocycles. The van der Waals surface area contributed by atoms with Crippen molar-refractivity contribution in [3.05, 3.63) is 24.0 Å². The molecule has 6 nitrogen and oxygen atoms in total. The van der Waals surface area contributed by atoms with Crippen molar-refractivity contribution in [2.45, 2.75) is 51.5 Å². The number of hydrogen-bond acceptors (Lipinski definition) is 4. The predicted octanol–water partition coefficient (Wildman–Crippen LogP) is 2.68. The van der Waals surface area contributed by atoms with E-state index in [-0.39, 0.29) is 11.8 Å². The fraction of sp³-hybridized carbons (Fsp3) is 0.632. The average molecular weight is 345 g/mol. The fourth-order valence-corrected chi connectivity index (χ4v) is 4.03. The second-order valence-electron chi connectivity index (χ2n) is 7.39. The molecule has 3 rings (SSSR count). The number of hydrogen-bond donors (Lipinski definition) is 2. The van der Waals surface area contributed by atoms with Gasteiger partial charge in [-0.1, -0.05) is 19.3 Å². The number of amides is 1. The van der Waals surface area contributed by atoms with E-state index in [1.54, 1.807) is 6.20 Å². The van der Waals surface area contributed by atoms with E-state index in [1.807, 2.05) is 19.1 Å². The van der Waals surface area contributed by atoms with Crippen LogP contribution in [-0.4, -0.2) is 46.0 Å². The molecule has 2 aliphatic rings. The first-order valence-electron chi connectivity index (χ1n) is 9.23. The molecule has 6 heteroatoms. The van der Waals surface area contributed by atoms with E-state index >= 15 is 0 Å². The van der Waals surface area contributed by atoms with Crippen molar-refractivity contribution in [1.82, 2.24) is 9.88 Å². The molecule has 1 aromatic heterocycles. The molecular formula is C19H27N3O3. The van der Waals surface area contributed by atoms with E-state index in [0.717, 1.165) is 18.5 Å². The number of pyridine rings is 1. The smallest absolute Gasteiger partial charge is 0.307 e. The molecule has 1 aliphatic carbocycles. The molecule has 1 amide bonds. The van der Waals surface area contributed by atoms with Gasteiger partial charge in [-0.2, -0.15) is 0 Å². The van der Waals surface area contributed by atoms with Gasteiger partial charge in [-0.3, -0.25) is 19.5 Å². The van der Waals surface area contributed by atoms with E-state index in [9.17, 15) is 14.7 Å². The number of nitrogens with zero attached hydrogens (tertiary/aromatic N) is 2. The summed E-state index contributed by atoms with van der Waals surface area (Å²) in [6, 6.07) is 4.11. The molecule has 2 N–H and O–H groups in total. The fourth-order valence-electron chi connectivity index (χ4n) is 4.03. The number of aromatic nitrogens is 1. The first kappa shape index (κ1) is 17.9. The Balaban J connectivity index is 1.68. The molecule has 1 saturated heterocycles. The Hall–Kier alpha value is -1.95. The first-order chi connectivity index (χ1) is 12.0. The van der Waals surface area contributed by atoms with Crippen LogP contribution < -0.4 is 5.32 Å². The normalized spacial score (nSPS) is 25.5. The van der Waals surface area contributed by atoms with Gasteiger partial charge in [0.05, 0.1) is 23.7 Å². The zero-order valence-electron chi connectivity index (χ0n) is 14.8. The Morgan fingerprint density at radius 2 is 1.88 bits per heavy atom. The minimum Gasteiger partial charge on any atom is -0.481 e. The number of rotatable bonds is 4. The van der Waals surface area contributed by atoms with Crippen molar-refractivity contribution < 1.29 is 14.7 Å². The van der Waals surface area contributed by atoms with Crippen LogP contribution in [0, 0.1) is 18.8 Å². The SMILES string of the molecule is Cc1ccc(NC(=O)[C@@H]2C[C@H](C(=O)O)CN(C3CCCCC3)C2)cn1. The molecule has 0 bridgehead atoms. The average Bonchev–Trinajstić information content (AvgIpc) is 2.64. The second kappa shape index (κ2) is 7.95. The number of anilines is 1. The van der Waals surface area contributed by atoms with Crippen LogP contribution in [0.4, 0.5) is 5.69 Å². The summed E-state index contributed by atoms with van der Waals surface area (Å²) in [5.74, 6) is -1.66. The molecule has 1 saturated carbocycles. The maximum atomic E-state index is 12.7. The lowest BCUT2D eigenvalue weighted by Gasteiger charge is -2.41. The maximum absolute atomic E-state index is 12.7. The zero-order chi connectivity index (χ0) is 17.8. The molecule has 0 radical (unpaired) electrons. The van der Waals surface area contributed by atoms with Crippen molar-refractivity contribution in [1.29, 1.82) is 0 Å². The third-order valence-corrected chi connectivity index (χ3v) is 5.47. The number of carboxylic acid groups (broad SMARTS) is 1.